The molecule has 0 aromatic carbocycles. The van der Waals surface area contributed by atoms with Gasteiger partial charge in [-0.25, -0.2) is 0 Å². The summed E-state index contributed by atoms with van der Waals surface area (Å²) >= 11 is 0. The van der Waals surface area contributed by atoms with E-state index in [4.69, 9.17) is 4.43 Å². The Hall–Kier alpha value is 0.0969. The van der Waals surface area contributed by atoms with Gasteiger partial charge in [-0.3, -0.25) is 0 Å². The molecular weight excluding hydrogens is 204 g/mol. The highest BCUT2D eigenvalue weighted by Crippen LogP contribution is 2.11. The maximum absolute atomic E-state index is 5.57. The second-order valence-corrected chi connectivity index (χ2v) is 9.42. The van der Waals surface area contributed by atoms with E-state index in [2.05, 4.69) is 29.8 Å². The molecule has 3 nitrogen and oxygen atoms in total. The average molecular weight is 230 g/mol. The van der Waals surface area contributed by atoms with Crippen molar-refractivity contribution in [2.75, 3.05) is 46.4 Å². The van der Waals surface area contributed by atoms with Crippen LogP contribution in [0.15, 0.2) is 0 Å². The molecule has 0 radical (unpaired) electrons. The van der Waals surface area contributed by atoms with Gasteiger partial charge in [0, 0.05) is 33.3 Å². The Balaban J connectivity index is 2.19. The van der Waals surface area contributed by atoms with Crippen LogP contribution in [0, 0.1) is 0 Å². The molecule has 0 aromatic rings. The molecule has 1 fully saturated rings. The van der Waals surface area contributed by atoms with Crippen LogP contribution in [0.2, 0.25) is 19.1 Å². The fourth-order valence-corrected chi connectivity index (χ4v) is 2.92. The van der Waals surface area contributed by atoms with Gasteiger partial charge in [0.05, 0.1) is 0 Å². The Morgan fingerprint density at radius 2 is 1.60 bits per heavy atom. The average Bonchev–Trinajstić information content (AvgIpc) is 2.27. The number of likely N-dealkylation sites (N-methyl/N-ethyl adjacent to an activating group) is 1. The van der Waals surface area contributed by atoms with Crippen LogP contribution in [0.3, 0.4) is 0 Å². The number of piperazine rings is 1. The van der Waals surface area contributed by atoms with E-state index < -0.39 is 8.32 Å². The van der Waals surface area contributed by atoms with Crippen molar-refractivity contribution in [1.82, 2.24) is 9.80 Å². The Kier molecular flexibility index (Phi) is 5.25. The highest BCUT2D eigenvalue weighted by Gasteiger charge is 2.23. The van der Waals surface area contributed by atoms with Crippen molar-refractivity contribution in [1.29, 1.82) is 0 Å². The molecule has 1 saturated heterocycles. The SMILES string of the molecule is CCN1CCN(CC[Si](C)(C)OC)CC1. The third kappa shape index (κ3) is 4.63. The maximum Gasteiger partial charge on any atom is 0.187 e. The predicted octanol–water partition coefficient (Wildman–Crippen LogP) is 1.48. The van der Waals surface area contributed by atoms with Gasteiger partial charge in [0.2, 0.25) is 0 Å². The smallest absolute Gasteiger partial charge is 0.187 e. The molecule has 15 heavy (non-hydrogen) atoms. The van der Waals surface area contributed by atoms with E-state index in [1.807, 2.05) is 7.11 Å². The van der Waals surface area contributed by atoms with Gasteiger partial charge in [-0.05, 0) is 32.2 Å². The molecule has 4 heteroatoms. The molecule has 90 valence electrons. The molecule has 0 bridgehead atoms. The van der Waals surface area contributed by atoms with Gasteiger partial charge in [0.15, 0.2) is 8.32 Å². The lowest BCUT2D eigenvalue weighted by Gasteiger charge is -2.35. The third-order valence-corrected chi connectivity index (χ3v) is 6.03. The summed E-state index contributed by atoms with van der Waals surface area (Å²) in [5.74, 6) is 0. The van der Waals surface area contributed by atoms with E-state index in [9.17, 15) is 0 Å². The quantitative estimate of drug-likeness (QED) is 0.665. The Bertz CT molecular complexity index is 179. The van der Waals surface area contributed by atoms with Crippen molar-refractivity contribution in [3.05, 3.63) is 0 Å². The normalized spacial score (nSPS) is 20.8. The molecule has 0 unspecified atom stereocenters. The minimum atomic E-state index is -1.34. The van der Waals surface area contributed by atoms with Crippen LogP contribution in [0.4, 0.5) is 0 Å². The molecule has 0 spiro atoms. The maximum atomic E-state index is 5.57. The van der Waals surface area contributed by atoms with E-state index in [-0.39, 0.29) is 0 Å². The first-order valence-corrected chi connectivity index (χ1v) is 9.19. The van der Waals surface area contributed by atoms with Crippen LogP contribution in [0.25, 0.3) is 0 Å². The summed E-state index contributed by atoms with van der Waals surface area (Å²) in [6.07, 6.45) is 0. The van der Waals surface area contributed by atoms with Crippen LogP contribution in [0.1, 0.15) is 6.92 Å². The lowest BCUT2D eigenvalue weighted by Crippen LogP contribution is -2.47. The van der Waals surface area contributed by atoms with Crippen molar-refractivity contribution in [3.8, 4) is 0 Å². The zero-order valence-corrected chi connectivity index (χ0v) is 11.8. The standard InChI is InChI=1S/C11H26N2OSi/c1-5-12-6-8-13(9-7-12)10-11-15(3,4)14-2/h5-11H2,1-4H3. The summed E-state index contributed by atoms with van der Waals surface area (Å²) < 4.78 is 5.57. The van der Waals surface area contributed by atoms with Crippen molar-refractivity contribution in [2.45, 2.75) is 26.1 Å². The van der Waals surface area contributed by atoms with E-state index >= 15 is 0 Å². The summed E-state index contributed by atoms with van der Waals surface area (Å²) in [6.45, 7) is 14.2. The highest BCUT2D eigenvalue weighted by atomic mass is 28.4. The lowest BCUT2D eigenvalue weighted by atomic mass is 10.3. The summed E-state index contributed by atoms with van der Waals surface area (Å²) in [5, 5.41) is 0. The largest absolute Gasteiger partial charge is 0.420 e. The van der Waals surface area contributed by atoms with Gasteiger partial charge in [-0.15, -0.1) is 0 Å². The first-order valence-electron chi connectivity index (χ1n) is 6.07. The first kappa shape index (κ1) is 13.2. The summed E-state index contributed by atoms with van der Waals surface area (Å²) in [4.78, 5) is 5.11. The fourth-order valence-electron chi connectivity index (χ4n) is 1.86. The molecule has 0 amide bonds. The zero-order valence-electron chi connectivity index (χ0n) is 10.8. The molecule has 0 saturated carbocycles. The van der Waals surface area contributed by atoms with Gasteiger partial charge in [0.1, 0.15) is 0 Å². The molecule has 0 atom stereocenters. The number of hydrogen-bond acceptors (Lipinski definition) is 3. The summed E-state index contributed by atoms with van der Waals surface area (Å²) in [5.41, 5.74) is 0. The molecular formula is C11H26N2OSi. The molecule has 0 aliphatic carbocycles. The Morgan fingerprint density at radius 3 is 2.07 bits per heavy atom. The zero-order chi connectivity index (χ0) is 11.3. The van der Waals surface area contributed by atoms with Crippen molar-refractivity contribution in [2.24, 2.45) is 0 Å². The molecule has 0 N–H and O–H groups in total. The summed E-state index contributed by atoms with van der Waals surface area (Å²) in [7, 11) is 0.521. The minimum Gasteiger partial charge on any atom is -0.420 e. The second kappa shape index (κ2) is 5.99. The number of hydrogen-bond donors (Lipinski definition) is 0. The van der Waals surface area contributed by atoms with Crippen LogP contribution in [-0.2, 0) is 4.43 Å². The van der Waals surface area contributed by atoms with Gasteiger partial charge in [0.25, 0.3) is 0 Å². The van der Waals surface area contributed by atoms with E-state index in [0.29, 0.717) is 0 Å². The van der Waals surface area contributed by atoms with Gasteiger partial charge < -0.3 is 14.2 Å². The van der Waals surface area contributed by atoms with Crippen LogP contribution in [-0.4, -0.2) is 64.5 Å². The lowest BCUT2D eigenvalue weighted by molar-refractivity contribution is 0.141. The van der Waals surface area contributed by atoms with Crippen molar-refractivity contribution >= 4 is 8.32 Å². The molecule has 1 rings (SSSR count). The topological polar surface area (TPSA) is 15.7 Å². The first-order chi connectivity index (χ1) is 7.07. The van der Waals surface area contributed by atoms with Crippen LogP contribution < -0.4 is 0 Å². The minimum absolute atomic E-state index is 1.20. The Labute approximate surface area is 95.5 Å². The van der Waals surface area contributed by atoms with Crippen LogP contribution in [0.5, 0.6) is 0 Å². The summed E-state index contributed by atoms with van der Waals surface area (Å²) in [6, 6.07) is 1.26. The molecule has 1 aliphatic heterocycles. The van der Waals surface area contributed by atoms with Gasteiger partial charge in [-0.1, -0.05) is 6.92 Å². The number of nitrogens with zero attached hydrogens (tertiary/aromatic N) is 2. The third-order valence-electron chi connectivity index (χ3n) is 3.49. The van der Waals surface area contributed by atoms with E-state index in [1.54, 1.807) is 0 Å². The predicted molar refractivity (Wildman–Crippen MR) is 67.9 cm³/mol. The molecule has 1 heterocycles. The molecule has 0 aromatic heterocycles. The van der Waals surface area contributed by atoms with Gasteiger partial charge >= 0.3 is 0 Å². The van der Waals surface area contributed by atoms with Crippen LogP contribution >= 0.6 is 0 Å². The van der Waals surface area contributed by atoms with Crippen molar-refractivity contribution in [3.63, 3.8) is 0 Å². The van der Waals surface area contributed by atoms with Gasteiger partial charge in [-0.2, -0.15) is 0 Å². The second-order valence-electron chi connectivity index (χ2n) is 4.99. The fraction of sp³-hybridized carbons (Fsp3) is 1.00. The van der Waals surface area contributed by atoms with E-state index in [1.165, 1.54) is 45.3 Å². The molecule has 1 aliphatic rings. The van der Waals surface area contributed by atoms with Crippen molar-refractivity contribution < 1.29 is 4.43 Å². The van der Waals surface area contributed by atoms with E-state index in [0.717, 1.165) is 0 Å². The highest BCUT2D eigenvalue weighted by molar-refractivity contribution is 6.71. The monoisotopic (exact) mass is 230 g/mol. The Morgan fingerprint density at radius 1 is 1.07 bits per heavy atom. The number of rotatable bonds is 5.